The standard InChI is InChI=1S/C23H35NO5Si/c1-22(2,3)30(8,9)29-23(28-7)15-18(14-20(26-5)21(23)27-6)24-16-17-10-12-19(25-4)13-11-17/h10-14,16H,15H2,1-9H3. The van der Waals surface area contributed by atoms with Crippen molar-refractivity contribution in [1.29, 1.82) is 0 Å². The van der Waals surface area contributed by atoms with Crippen LogP contribution in [0, 0.1) is 0 Å². The van der Waals surface area contributed by atoms with Crippen LogP contribution in [0.1, 0.15) is 32.8 Å². The van der Waals surface area contributed by atoms with E-state index in [1.165, 1.54) is 0 Å². The van der Waals surface area contributed by atoms with Gasteiger partial charge < -0.3 is 23.4 Å². The molecule has 0 amide bonds. The summed E-state index contributed by atoms with van der Waals surface area (Å²) in [5, 5.41) is -0.00168. The highest BCUT2D eigenvalue weighted by atomic mass is 28.4. The van der Waals surface area contributed by atoms with Crippen LogP contribution in [0.5, 0.6) is 5.75 Å². The molecule has 0 aliphatic heterocycles. The molecule has 2 rings (SSSR count). The Balaban J connectivity index is 2.43. The minimum Gasteiger partial charge on any atom is -0.497 e. The number of benzene rings is 1. The van der Waals surface area contributed by atoms with Crippen molar-refractivity contribution < 1.29 is 23.4 Å². The van der Waals surface area contributed by atoms with E-state index in [1.54, 1.807) is 28.4 Å². The van der Waals surface area contributed by atoms with Crippen molar-refractivity contribution in [3.05, 3.63) is 53.1 Å². The fourth-order valence-electron chi connectivity index (χ4n) is 2.97. The van der Waals surface area contributed by atoms with E-state index in [2.05, 4.69) is 33.9 Å². The molecule has 0 N–H and O–H groups in total. The Morgan fingerprint density at radius 2 is 1.60 bits per heavy atom. The summed E-state index contributed by atoms with van der Waals surface area (Å²) in [6.07, 6.45) is 4.09. The van der Waals surface area contributed by atoms with E-state index in [1.807, 2.05) is 36.6 Å². The molecule has 0 radical (unpaired) electrons. The second-order valence-electron chi connectivity index (χ2n) is 8.76. The van der Waals surface area contributed by atoms with Crippen LogP contribution in [0.15, 0.2) is 52.5 Å². The second-order valence-corrected chi connectivity index (χ2v) is 13.5. The number of aliphatic imine (C=N–C) groups is 1. The van der Waals surface area contributed by atoms with Gasteiger partial charge in [-0.3, -0.25) is 4.99 Å². The fourth-order valence-corrected chi connectivity index (χ4v) is 4.35. The number of rotatable bonds is 8. The van der Waals surface area contributed by atoms with Crippen LogP contribution in [0.2, 0.25) is 18.1 Å². The lowest BCUT2D eigenvalue weighted by molar-refractivity contribution is -0.171. The van der Waals surface area contributed by atoms with Crippen molar-refractivity contribution in [3.63, 3.8) is 0 Å². The molecule has 0 fully saturated rings. The number of ether oxygens (including phenoxy) is 4. The van der Waals surface area contributed by atoms with Crippen molar-refractivity contribution in [2.45, 2.75) is 51.1 Å². The largest absolute Gasteiger partial charge is 0.497 e. The van der Waals surface area contributed by atoms with Gasteiger partial charge in [-0.1, -0.05) is 20.8 Å². The van der Waals surface area contributed by atoms with E-state index in [4.69, 9.17) is 28.4 Å². The second kappa shape index (κ2) is 9.37. The molecule has 166 valence electrons. The van der Waals surface area contributed by atoms with Gasteiger partial charge in [0.1, 0.15) is 5.75 Å². The highest BCUT2D eigenvalue weighted by Gasteiger charge is 2.51. The molecule has 1 aromatic carbocycles. The summed E-state index contributed by atoms with van der Waals surface area (Å²) in [7, 11) is 4.29. The Bertz CT molecular complexity index is 821. The molecule has 30 heavy (non-hydrogen) atoms. The smallest absolute Gasteiger partial charge is 0.227 e. The first kappa shape index (κ1) is 24.2. The first-order chi connectivity index (χ1) is 14.0. The zero-order valence-corrected chi connectivity index (χ0v) is 20.7. The molecule has 1 aromatic rings. The zero-order valence-electron chi connectivity index (χ0n) is 19.7. The normalized spacial score (nSPS) is 20.4. The Morgan fingerprint density at radius 1 is 0.967 bits per heavy atom. The maximum absolute atomic E-state index is 6.75. The van der Waals surface area contributed by atoms with Gasteiger partial charge in [0.25, 0.3) is 0 Å². The van der Waals surface area contributed by atoms with Gasteiger partial charge in [-0.15, -0.1) is 0 Å². The first-order valence-corrected chi connectivity index (χ1v) is 12.9. The van der Waals surface area contributed by atoms with Gasteiger partial charge in [-0.2, -0.15) is 0 Å². The average Bonchev–Trinajstić information content (AvgIpc) is 2.70. The molecule has 7 heteroatoms. The molecule has 0 spiro atoms. The topological polar surface area (TPSA) is 58.5 Å². The molecular formula is C23H35NO5Si. The Hall–Kier alpha value is -2.09. The van der Waals surface area contributed by atoms with E-state index in [9.17, 15) is 0 Å². The third-order valence-corrected chi connectivity index (χ3v) is 10.2. The minimum atomic E-state index is -2.20. The van der Waals surface area contributed by atoms with Crippen LogP contribution >= 0.6 is 0 Å². The summed E-state index contributed by atoms with van der Waals surface area (Å²) in [6, 6.07) is 7.71. The monoisotopic (exact) mass is 433 g/mol. The van der Waals surface area contributed by atoms with Crippen molar-refractivity contribution in [1.82, 2.24) is 0 Å². The van der Waals surface area contributed by atoms with Crippen molar-refractivity contribution in [3.8, 4) is 5.75 Å². The molecule has 0 heterocycles. The molecule has 1 aliphatic carbocycles. The van der Waals surface area contributed by atoms with Crippen molar-refractivity contribution in [2.24, 2.45) is 4.99 Å². The van der Waals surface area contributed by atoms with Gasteiger partial charge in [0.15, 0.2) is 19.8 Å². The average molecular weight is 434 g/mol. The van der Waals surface area contributed by atoms with Crippen LogP contribution in [0.3, 0.4) is 0 Å². The van der Waals surface area contributed by atoms with Gasteiger partial charge in [0.05, 0.1) is 33.4 Å². The summed E-state index contributed by atoms with van der Waals surface area (Å²) in [6.45, 7) is 10.9. The number of nitrogens with zero attached hydrogens (tertiary/aromatic N) is 1. The van der Waals surface area contributed by atoms with E-state index < -0.39 is 14.1 Å². The highest BCUT2D eigenvalue weighted by molar-refractivity contribution is 6.74. The molecule has 1 atom stereocenters. The Kier molecular flexibility index (Phi) is 7.55. The molecule has 1 unspecified atom stereocenters. The van der Waals surface area contributed by atoms with Crippen LogP contribution in [0.4, 0.5) is 0 Å². The van der Waals surface area contributed by atoms with Crippen molar-refractivity contribution >= 4 is 14.5 Å². The predicted molar refractivity (Wildman–Crippen MR) is 122 cm³/mol. The fraction of sp³-hybridized carbons (Fsp3) is 0.522. The molecule has 0 saturated heterocycles. The Morgan fingerprint density at radius 3 is 2.07 bits per heavy atom. The Labute approximate surface area is 181 Å². The summed E-state index contributed by atoms with van der Waals surface area (Å²) >= 11 is 0. The molecular weight excluding hydrogens is 398 g/mol. The van der Waals surface area contributed by atoms with Crippen molar-refractivity contribution in [2.75, 3.05) is 28.4 Å². The highest BCUT2D eigenvalue weighted by Crippen LogP contribution is 2.45. The lowest BCUT2D eigenvalue weighted by Crippen LogP contribution is -2.53. The molecule has 0 aromatic heterocycles. The number of methoxy groups -OCH3 is 4. The van der Waals surface area contributed by atoms with Gasteiger partial charge in [0.2, 0.25) is 5.79 Å². The van der Waals surface area contributed by atoms with Gasteiger partial charge in [-0.05, 0) is 48.0 Å². The summed E-state index contributed by atoms with van der Waals surface area (Å²) in [4.78, 5) is 4.69. The minimum absolute atomic E-state index is 0.00168. The molecule has 6 nitrogen and oxygen atoms in total. The molecule has 1 aliphatic rings. The van der Waals surface area contributed by atoms with E-state index in [-0.39, 0.29) is 5.04 Å². The van der Waals surface area contributed by atoms with E-state index in [0.717, 1.165) is 17.0 Å². The third-order valence-electron chi connectivity index (χ3n) is 5.76. The third kappa shape index (κ3) is 5.14. The molecule has 0 bridgehead atoms. The van der Waals surface area contributed by atoms with Crippen LogP contribution in [-0.2, 0) is 18.6 Å². The van der Waals surface area contributed by atoms with E-state index >= 15 is 0 Å². The SMILES string of the molecule is COC1=C(OC)C(OC)(O[Si](C)(C)C(C)(C)C)CC(N=Cc2ccc(OC)cc2)=C1. The van der Waals surface area contributed by atoms with Crippen LogP contribution in [0.25, 0.3) is 0 Å². The quantitative estimate of drug-likeness (QED) is 0.317. The summed E-state index contributed by atoms with van der Waals surface area (Å²) < 4.78 is 29.3. The molecule has 0 saturated carbocycles. The van der Waals surface area contributed by atoms with Gasteiger partial charge in [-0.25, -0.2) is 0 Å². The van der Waals surface area contributed by atoms with Gasteiger partial charge >= 0.3 is 0 Å². The predicted octanol–water partition coefficient (Wildman–Crippen LogP) is 5.27. The van der Waals surface area contributed by atoms with Crippen LogP contribution in [-0.4, -0.2) is 48.8 Å². The number of hydrogen-bond acceptors (Lipinski definition) is 6. The van der Waals surface area contributed by atoms with E-state index in [0.29, 0.717) is 17.9 Å². The number of hydrogen-bond donors (Lipinski definition) is 0. The van der Waals surface area contributed by atoms with Crippen LogP contribution < -0.4 is 4.74 Å². The van der Waals surface area contributed by atoms with Gasteiger partial charge in [0, 0.05) is 19.4 Å². The lowest BCUT2D eigenvalue weighted by atomic mass is 10.0. The summed E-state index contributed by atoms with van der Waals surface area (Å²) in [5.74, 6) is 0.788. The first-order valence-electron chi connectivity index (χ1n) is 9.98. The summed E-state index contributed by atoms with van der Waals surface area (Å²) in [5.41, 5.74) is 1.74. The number of allylic oxidation sites excluding steroid dienone is 1. The zero-order chi connectivity index (χ0) is 22.6. The maximum atomic E-state index is 6.75. The lowest BCUT2D eigenvalue weighted by Gasteiger charge is -2.46. The maximum Gasteiger partial charge on any atom is 0.227 e.